The molecule has 0 N–H and O–H groups in total. The zero-order valence-electron chi connectivity index (χ0n) is 16.3. The van der Waals surface area contributed by atoms with Gasteiger partial charge in [0.2, 0.25) is 5.91 Å². The predicted octanol–water partition coefficient (Wildman–Crippen LogP) is 3.85. The van der Waals surface area contributed by atoms with Crippen LogP contribution in [0.2, 0.25) is 5.02 Å². The molecule has 1 fully saturated rings. The van der Waals surface area contributed by atoms with Crippen LogP contribution in [0.5, 0.6) is 11.5 Å². The van der Waals surface area contributed by atoms with Gasteiger partial charge in [-0.2, -0.15) is 0 Å². The van der Waals surface area contributed by atoms with E-state index in [1.54, 1.807) is 7.11 Å². The number of hydrogen-bond acceptors (Lipinski definition) is 4. The Hall–Kier alpha value is -2.24. The summed E-state index contributed by atoms with van der Waals surface area (Å²) in [4.78, 5) is 16.9. The van der Waals surface area contributed by atoms with Crippen molar-refractivity contribution in [2.45, 2.75) is 19.4 Å². The molecule has 6 heteroatoms. The van der Waals surface area contributed by atoms with Crippen LogP contribution in [-0.2, 0) is 11.3 Å². The van der Waals surface area contributed by atoms with Crippen molar-refractivity contribution in [3.8, 4) is 11.5 Å². The minimum absolute atomic E-state index is 0.142. The zero-order valence-corrected chi connectivity index (χ0v) is 17.0. The Morgan fingerprint density at radius 1 is 1.00 bits per heavy atom. The predicted molar refractivity (Wildman–Crippen MR) is 111 cm³/mol. The van der Waals surface area contributed by atoms with Crippen molar-refractivity contribution in [2.24, 2.45) is 0 Å². The van der Waals surface area contributed by atoms with E-state index in [-0.39, 0.29) is 5.91 Å². The van der Waals surface area contributed by atoms with E-state index >= 15 is 0 Å². The highest BCUT2D eigenvalue weighted by atomic mass is 35.5. The number of halogens is 1. The molecule has 0 aliphatic carbocycles. The molecule has 1 amide bonds. The Kier molecular flexibility index (Phi) is 7.57. The fourth-order valence-electron chi connectivity index (χ4n) is 3.37. The number of nitrogens with zero attached hydrogens (tertiary/aromatic N) is 2. The van der Waals surface area contributed by atoms with Crippen molar-refractivity contribution in [3.63, 3.8) is 0 Å². The number of rotatable bonds is 7. The molecule has 1 saturated heterocycles. The zero-order chi connectivity index (χ0) is 19.8. The standard InChI is InChI=1S/C22H27ClN2O3/c1-27-20-5-2-3-6-21(20)28-16-11-22(26)25-13-4-12-24(14-15-25)17-18-7-9-19(23)10-8-18/h2-3,5-10H,4,11-17H2,1H3. The Morgan fingerprint density at radius 2 is 1.75 bits per heavy atom. The van der Waals surface area contributed by atoms with Crippen molar-refractivity contribution in [2.75, 3.05) is 39.9 Å². The molecular formula is C22H27ClN2O3. The molecular weight excluding hydrogens is 376 g/mol. The van der Waals surface area contributed by atoms with Gasteiger partial charge in [0.25, 0.3) is 0 Å². The van der Waals surface area contributed by atoms with E-state index in [9.17, 15) is 4.79 Å². The van der Waals surface area contributed by atoms with Crippen LogP contribution in [0, 0.1) is 0 Å². The highest BCUT2D eigenvalue weighted by molar-refractivity contribution is 6.30. The molecule has 0 bridgehead atoms. The largest absolute Gasteiger partial charge is 0.493 e. The summed E-state index contributed by atoms with van der Waals surface area (Å²) in [6.07, 6.45) is 1.35. The van der Waals surface area contributed by atoms with Crippen LogP contribution in [0.25, 0.3) is 0 Å². The molecule has 0 unspecified atom stereocenters. The molecule has 150 valence electrons. The Bertz CT molecular complexity index is 767. The Labute approximate surface area is 171 Å². The topological polar surface area (TPSA) is 42.0 Å². The van der Waals surface area contributed by atoms with Crippen LogP contribution in [-0.4, -0.2) is 55.6 Å². The van der Waals surface area contributed by atoms with Gasteiger partial charge in [0.1, 0.15) is 0 Å². The number of para-hydroxylation sites is 2. The SMILES string of the molecule is COc1ccccc1OCCC(=O)N1CCCN(Cc2ccc(Cl)cc2)CC1. The van der Waals surface area contributed by atoms with Crippen molar-refractivity contribution < 1.29 is 14.3 Å². The van der Waals surface area contributed by atoms with Gasteiger partial charge in [-0.15, -0.1) is 0 Å². The molecule has 28 heavy (non-hydrogen) atoms. The third-order valence-electron chi connectivity index (χ3n) is 4.90. The van der Waals surface area contributed by atoms with Gasteiger partial charge in [0.05, 0.1) is 20.1 Å². The van der Waals surface area contributed by atoms with Crippen LogP contribution >= 0.6 is 11.6 Å². The quantitative estimate of drug-likeness (QED) is 0.705. The first-order chi connectivity index (χ1) is 13.7. The summed E-state index contributed by atoms with van der Waals surface area (Å²) >= 11 is 5.96. The van der Waals surface area contributed by atoms with Crippen LogP contribution in [0.4, 0.5) is 0 Å². The molecule has 2 aromatic carbocycles. The maximum atomic E-state index is 12.6. The average Bonchev–Trinajstić information content (AvgIpc) is 2.95. The number of ether oxygens (including phenoxy) is 2. The molecule has 1 aliphatic rings. The normalized spacial score (nSPS) is 15.1. The lowest BCUT2D eigenvalue weighted by Crippen LogP contribution is -2.35. The minimum Gasteiger partial charge on any atom is -0.493 e. The van der Waals surface area contributed by atoms with E-state index in [1.165, 1.54) is 5.56 Å². The maximum absolute atomic E-state index is 12.6. The number of hydrogen-bond donors (Lipinski definition) is 0. The molecule has 5 nitrogen and oxygen atoms in total. The molecule has 0 saturated carbocycles. The fourth-order valence-corrected chi connectivity index (χ4v) is 3.50. The second-order valence-electron chi connectivity index (χ2n) is 6.89. The van der Waals surface area contributed by atoms with E-state index in [0.29, 0.717) is 24.5 Å². The highest BCUT2D eigenvalue weighted by Crippen LogP contribution is 2.25. The lowest BCUT2D eigenvalue weighted by Gasteiger charge is -2.22. The Morgan fingerprint density at radius 3 is 2.50 bits per heavy atom. The van der Waals surface area contributed by atoms with Crippen molar-refractivity contribution in [3.05, 3.63) is 59.1 Å². The van der Waals surface area contributed by atoms with Gasteiger partial charge in [0.15, 0.2) is 11.5 Å². The molecule has 1 aliphatic heterocycles. The summed E-state index contributed by atoms with van der Waals surface area (Å²) in [6, 6.07) is 15.5. The van der Waals surface area contributed by atoms with Crippen LogP contribution in [0.1, 0.15) is 18.4 Å². The summed E-state index contributed by atoms with van der Waals surface area (Å²) in [5.74, 6) is 1.49. The lowest BCUT2D eigenvalue weighted by atomic mass is 10.2. The lowest BCUT2D eigenvalue weighted by molar-refractivity contribution is -0.131. The average molecular weight is 403 g/mol. The first-order valence-corrected chi connectivity index (χ1v) is 10.0. The summed E-state index contributed by atoms with van der Waals surface area (Å²) in [7, 11) is 1.61. The third-order valence-corrected chi connectivity index (χ3v) is 5.16. The number of methoxy groups -OCH3 is 1. The van der Waals surface area contributed by atoms with E-state index in [1.807, 2.05) is 41.3 Å². The van der Waals surface area contributed by atoms with Gasteiger partial charge in [-0.3, -0.25) is 9.69 Å². The molecule has 0 spiro atoms. The van der Waals surface area contributed by atoms with Gasteiger partial charge in [0, 0.05) is 37.7 Å². The molecule has 0 atom stereocenters. The first-order valence-electron chi connectivity index (χ1n) is 9.66. The number of amides is 1. The van der Waals surface area contributed by atoms with Crippen molar-refractivity contribution in [1.82, 2.24) is 9.80 Å². The molecule has 2 aromatic rings. The van der Waals surface area contributed by atoms with Crippen molar-refractivity contribution >= 4 is 17.5 Å². The summed E-state index contributed by atoms with van der Waals surface area (Å²) < 4.78 is 11.0. The first kappa shape index (κ1) is 20.5. The van der Waals surface area contributed by atoms with E-state index in [0.717, 1.165) is 44.2 Å². The molecule has 0 radical (unpaired) electrons. The van der Waals surface area contributed by atoms with Crippen LogP contribution in [0.15, 0.2) is 48.5 Å². The number of carbonyl (C=O) groups is 1. The fraction of sp³-hybridized carbons (Fsp3) is 0.409. The van der Waals surface area contributed by atoms with Crippen molar-refractivity contribution in [1.29, 1.82) is 0 Å². The highest BCUT2D eigenvalue weighted by Gasteiger charge is 2.19. The van der Waals surface area contributed by atoms with Gasteiger partial charge in [-0.1, -0.05) is 35.9 Å². The van der Waals surface area contributed by atoms with E-state index < -0.39 is 0 Å². The summed E-state index contributed by atoms with van der Waals surface area (Å²) in [5, 5.41) is 0.756. The van der Waals surface area contributed by atoms with Gasteiger partial charge in [-0.05, 0) is 36.2 Å². The third kappa shape index (κ3) is 5.88. The maximum Gasteiger partial charge on any atom is 0.226 e. The number of carbonyl (C=O) groups excluding carboxylic acids is 1. The second kappa shape index (κ2) is 10.3. The summed E-state index contributed by atoms with van der Waals surface area (Å²) in [6.45, 7) is 4.65. The van der Waals surface area contributed by atoms with Gasteiger partial charge >= 0.3 is 0 Å². The van der Waals surface area contributed by atoms with E-state index in [2.05, 4.69) is 17.0 Å². The second-order valence-corrected chi connectivity index (χ2v) is 7.32. The van der Waals surface area contributed by atoms with Crippen LogP contribution < -0.4 is 9.47 Å². The van der Waals surface area contributed by atoms with Crippen LogP contribution in [0.3, 0.4) is 0 Å². The van der Waals surface area contributed by atoms with Gasteiger partial charge in [-0.25, -0.2) is 0 Å². The Balaban J connectivity index is 1.44. The summed E-state index contributed by atoms with van der Waals surface area (Å²) in [5.41, 5.74) is 1.24. The molecule has 1 heterocycles. The minimum atomic E-state index is 0.142. The molecule has 0 aromatic heterocycles. The molecule has 3 rings (SSSR count). The smallest absolute Gasteiger partial charge is 0.226 e. The monoisotopic (exact) mass is 402 g/mol. The van der Waals surface area contributed by atoms with E-state index in [4.69, 9.17) is 21.1 Å². The number of benzene rings is 2. The van der Waals surface area contributed by atoms with Gasteiger partial charge < -0.3 is 14.4 Å².